The SMILES string of the molecule is CCCC(S)C(C)CCC(C)CO. The van der Waals surface area contributed by atoms with Crippen molar-refractivity contribution >= 4 is 12.6 Å². The van der Waals surface area contributed by atoms with Gasteiger partial charge in [0.1, 0.15) is 0 Å². The largest absolute Gasteiger partial charge is 0.396 e. The van der Waals surface area contributed by atoms with Gasteiger partial charge in [0.05, 0.1) is 0 Å². The standard InChI is InChI=1S/C11H24OS/c1-4-5-11(13)10(3)7-6-9(2)8-12/h9-13H,4-8H2,1-3H3. The van der Waals surface area contributed by atoms with Gasteiger partial charge in [-0.05, 0) is 31.1 Å². The Morgan fingerprint density at radius 3 is 2.23 bits per heavy atom. The van der Waals surface area contributed by atoms with Gasteiger partial charge in [-0.25, -0.2) is 0 Å². The predicted octanol–water partition coefficient (Wildman–Crippen LogP) is 3.13. The minimum absolute atomic E-state index is 0.317. The van der Waals surface area contributed by atoms with Gasteiger partial charge in [-0.3, -0.25) is 0 Å². The highest BCUT2D eigenvalue weighted by Gasteiger charge is 2.13. The Hall–Kier alpha value is 0.310. The van der Waals surface area contributed by atoms with Gasteiger partial charge >= 0.3 is 0 Å². The van der Waals surface area contributed by atoms with E-state index in [1.54, 1.807) is 0 Å². The molecular formula is C11H24OS. The topological polar surface area (TPSA) is 20.2 Å². The molecule has 3 unspecified atom stereocenters. The second kappa shape index (κ2) is 7.69. The molecule has 0 aromatic rings. The van der Waals surface area contributed by atoms with Gasteiger partial charge in [-0.15, -0.1) is 0 Å². The molecule has 2 heteroatoms. The number of thiol groups is 1. The maximum Gasteiger partial charge on any atom is 0.0456 e. The van der Waals surface area contributed by atoms with Crippen molar-refractivity contribution in [1.29, 1.82) is 0 Å². The van der Waals surface area contributed by atoms with Crippen LogP contribution in [0, 0.1) is 11.8 Å². The zero-order valence-corrected chi connectivity index (χ0v) is 10.1. The third-order valence-corrected chi connectivity index (χ3v) is 3.43. The van der Waals surface area contributed by atoms with Crippen molar-refractivity contribution in [2.24, 2.45) is 11.8 Å². The minimum Gasteiger partial charge on any atom is -0.396 e. The van der Waals surface area contributed by atoms with Crippen molar-refractivity contribution in [3.8, 4) is 0 Å². The highest BCUT2D eigenvalue weighted by Crippen LogP contribution is 2.22. The molecule has 0 aromatic carbocycles. The van der Waals surface area contributed by atoms with Gasteiger partial charge in [0.15, 0.2) is 0 Å². The van der Waals surface area contributed by atoms with Crippen molar-refractivity contribution < 1.29 is 5.11 Å². The molecule has 0 bridgehead atoms. The van der Waals surface area contributed by atoms with Gasteiger partial charge in [0.2, 0.25) is 0 Å². The molecule has 0 heterocycles. The van der Waals surface area contributed by atoms with Crippen molar-refractivity contribution in [1.82, 2.24) is 0 Å². The quantitative estimate of drug-likeness (QED) is 0.611. The fraction of sp³-hybridized carbons (Fsp3) is 1.00. The number of aliphatic hydroxyl groups excluding tert-OH is 1. The molecule has 0 rings (SSSR count). The molecule has 0 aliphatic carbocycles. The summed E-state index contributed by atoms with van der Waals surface area (Å²) in [5.41, 5.74) is 0. The van der Waals surface area contributed by atoms with E-state index in [4.69, 9.17) is 5.11 Å². The average molecular weight is 204 g/mol. The maximum absolute atomic E-state index is 8.87. The molecule has 0 aliphatic rings. The van der Waals surface area contributed by atoms with Gasteiger partial charge in [0, 0.05) is 11.9 Å². The van der Waals surface area contributed by atoms with Gasteiger partial charge in [0.25, 0.3) is 0 Å². The first-order valence-corrected chi connectivity index (χ1v) is 5.92. The molecule has 80 valence electrons. The van der Waals surface area contributed by atoms with Crippen LogP contribution in [0.4, 0.5) is 0 Å². The van der Waals surface area contributed by atoms with Crippen LogP contribution in [0.5, 0.6) is 0 Å². The molecule has 0 saturated carbocycles. The van der Waals surface area contributed by atoms with Crippen molar-refractivity contribution in [2.75, 3.05) is 6.61 Å². The van der Waals surface area contributed by atoms with E-state index in [1.807, 2.05) is 0 Å². The molecule has 0 radical (unpaired) electrons. The van der Waals surface area contributed by atoms with Crippen LogP contribution in [0.15, 0.2) is 0 Å². The van der Waals surface area contributed by atoms with Crippen LogP contribution >= 0.6 is 12.6 Å². The fourth-order valence-corrected chi connectivity index (χ4v) is 1.82. The monoisotopic (exact) mass is 204 g/mol. The lowest BCUT2D eigenvalue weighted by molar-refractivity contribution is 0.222. The Kier molecular flexibility index (Phi) is 7.87. The van der Waals surface area contributed by atoms with E-state index < -0.39 is 0 Å². The first kappa shape index (κ1) is 13.3. The summed E-state index contributed by atoms with van der Waals surface area (Å²) in [7, 11) is 0. The molecule has 0 amide bonds. The van der Waals surface area contributed by atoms with E-state index >= 15 is 0 Å². The number of aliphatic hydroxyl groups is 1. The third-order valence-electron chi connectivity index (χ3n) is 2.67. The molecule has 0 spiro atoms. The lowest BCUT2D eigenvalue weighted by atomic mass is 9.94. The molecule has 0 fully saturated rings. The molecule has 13 heavy (non-hydrogen) atoms. The second-order valence-electron chi connectivity index (χ2n) is 4.20. The van der Waals surface area contributed by atoms with E-state index in [0.717, 1.165) is 6.42 Å². The number of rotatable bonds is 7. The van der Waals surface area contributed by atoms with E-state index in [2.05, 4.69) is 33.4 Å². The van der Waals surface area contributed by atoms with Crippen LogP contribution < -0.4 is 0 Å². The average Bonchev–Trinajstić information content (AvgIpc) is 2.13. The van der Waals surface area contributed by atoms with Crippen molar-refractivity contribution in [3.63, 3.8) is 0 Å². The van der Waals surface area contributed by atoms with Crippen molar-refractivity contribution in [2.45, 2.75) is 51.7 Å². The lowest BCUT2D eigenvalue weighted by Crippen LogP contribution is -2.13. The normalized spacial score (nSPS) is 18.2. The summed E-state index contributed by atoms with van der Waals surface area (Å²) < 4.78 is 0. The second-order valence-corrected chi connectivity index (χ2v) is 4.86. The van der Waals surface area contributed by atoms with E-state index in [1.165, 1.54) is 19.3 Å². The maximum atomic E-state index is 8.87. The van der Waals surface area contributed by atoms with Crippen molar-refractivity contribution in [3.05, 3.63) is 0 Å². The Balaban J connectivity index is 3.54. The highest BCUT2D eigenvalue weighted by atomic mass is 32.1. The predicted molar refractivity (Wildman–Crippen MR) is 62.3 cm³/mol. The zero-order chi connectivity index (χ0) is 10.3. The Morgan fingerprint density at radius 2 is 1.77 bits per heavy atom. The van der Waals surface area contributed by atoms with E-state index in [-0.39, 0.29) is 0 Å². The summed E-state index contributed by atoms with van der Waals surface area (Å²) in [6.45, 7) is 6.88. The number of hydrogen-bond acceptors (Lipinski definition) is 2. The molecule has 3 atom stereocenters. The van der Waals surface area contributed by atoms with Crippen LogP contribution in [0.25, 0.3) is 0 Å². The van der Waals surface area contributed by atoms with Gasteiger partial charge in [-0.1, -0.05) is 27.2 Å². The first-order valence-electron chi connectivity index (χ1n) is 5.40. The molecule has 1 nitrogen and oxygen atoms in total. The van der Waals surface area contributed by atoms with Crippen LogP contribution in [0.1, 0.15) is 46.5 Å². The molecule has 0 aromatic heterocycles. The summed E-state index contributed by atoms with van der Waals surface area (Å²) in [6.07, 6.45) is 4.74. The molecule has 0 aliphatic heterocycles. The lowest BCUT2D eigenvalue weighted by Gasteiger charge is -2.19. The summed E-state index contributed by atoms with van der Waals surface area (Å²) in [5.74, 6) is 1.13. The van der Waals surface area contributed by atoms with Crippen LogP contribution in [-0.2, 0) is 0 Å². The van der Waals surface area contributed by atoms with E-state index in [9.17, 15) is 0 Å². The van der Waals surface area contributed by atoms with Crippen LogP contribution in [-0.4, -0.2) is 17.0 Å². The summed E-state index contributed by atoms with van der Waals surface area (Å²) in [4.78, 5) is 0. The summed E-state index contributed by atoms with van der Waals surface area (Å²) in [5, 5.41) is 9.41. The third kappa shape index (κ3) is 6.39. The Bertz CT molecular complexity index is 117. The minimum atomic E-state index is 0.317. The fourth-order valence-electron chi connectivity index (χ4n) is 1.41. The number of hydrogen-bond donors (Lipinski definition) is 2. The van der Waals surface area contributed by atoms with Crippen LogP contribution in [0.3, 0.4) is 0 Å². The van der Waals surface area contributed by atoms with Crippen LogP contribution in [0.2, 0.25) is 0 Å². The molecule has 1 N–H and O–H groups in total. The summed E-state index contributed by atoms with van der Waals surface area (Å²) >= 11 is 4.57. The zero-order valence-electron chi connectivity index (χ0n) is 9.16. The first-order chi connectivity index (χ1) is 6.11. The Morgan fingerprint density at radius 1 is 1.15 bits per heavy atom. The van der Waals surface area contributed by atoms with Gasteiger partial charge < -0.3 is 5.11 Å². The molecule has 0 saturated heterocycles. The Labute approximate surface area is 88.3 Å². The smallest absolute Gasteiger partial charge is 0.0456 e. The highest BCUT2D eigenvalue weighted by molar-refractivity contribution is 7.81. The van der Waals surface area contributed by atoms with E-state index in [0.29, 0.717) is 23.7 Å². The molecular weight excluding hydrogens is 180 g/mol. The summed E-state index contributed by atoms with van der Waals surface area (Å²) in [6, 6.07) is 0. The van der Waals surface area contributed by atoms with Gasteiger partial charge in [-0.2, -0.15) is 12.6 Å².